The Morgan fingerprint density at radius 1 is 1.03 bits per heavy atom. The van der Waals surface area contributed by atoms with Gasteiger partial charge in [0.05, 0.1) is 32.7 Å². The first-order valence-corrected chi connectivity index (χ1v) is 10.3. The van der Waals surface area contributed by atoms with E-state index in [1.807, 2.05) is 48.5 Å². The Morgan fingerprint density at radius 2 is 1.74 bits per heavy atom. The summed E-state index contributed by atoms with van der Waals surface area (Å²) < 4.78 is 18.1. The molecule has 0 aliphatic heterocycles. The maximum Gasteiger partial charge on any atom is 0.272 e. The van der Waals surface area contributed by atoms with E-state index in [0.29, 0.717) is 35.4 Å². The van der Waals surface area contributed by atoms with E-state index in [9.17, 15) is 4.79 Å². The van der Waals surface area contributed by atoms with Gasteiger partial charge >= 0.3 is 0 Å². The SMILES string of the molecule is COc1ccc(CN(C)C(=O)c2cc(C3CC3)nn2-c2ccccc2)c(OC)c1OC. The minimum absolute atomic E-state index is 0.111. The molecular formula is C24H27N3O4. The monoisotopic (exact) mass is 421 g/mol. The van der Waals surface area contributed by atoms with Gasteiger partial charge < -0.3 is 19.1 Å². The number of benzene rings is 2. The van der Waals surface area contributed by atoms with Gasteiger partial charge in [-0.05, 0) is 43.2 Å². The molecule has 4 rings (SSSR count). The molecule has 0 atom stereocenters. The molecule has 31 heavy (non-hydrogen) atoms. The van der Waals surface area contributed by atoms with Gasteiger partial charge in [0, 0.05) is 25.1 Å². The van der Waals surface area contributed by atoms with Crippen LogP contribution in [0.2, 0.25) is 0 Å². The molecular weight excluding hydrogens is 394 g/mol. The van der Waals surface area contributed by atoms with E-state index in [1.165, 1.54) is 0 Å². The molecule has 1 fully saturated rings. The topological polar surface area (TPSA) is 65.8 Å². The van der Waals surface area contributed by atoms with Crippen molar-refractivity contribution in [1.82, 2.24) is 14.7 Å². The van der Waals surface area contributed by atoms with Crippen LogP contribution in [0.1, 0.15) is 40.5 Å². The molecule has 1 saturated carbocycles. The van der Waals surface area contributed by atoms with Crippen LogP contribution in [0.5, 0.6) is 17.2 Å². The fourth-order valence-corrected chi connectivity index (χ4v) is 3.71. The number of ether oxygens (including phenoxy) is 3. The number of methoxy groups -OCH3 is 3. The lowest BCUT2D eigenvalue weighted by molar-refractivity contribution is 0.0775. The predicted molar refractivity (Wildman–Crippen MR) is 117 cm³/mol. The number of hydrogen-bond acceptors (Lipinski definition) is 5. The quantitative estimate of drug-likeness (QED) is 0.549. The van der Waals surface area contributed by atoms with Crippen LogP contribution in [0.25, 0.3) is 5.69 Å². The van der Waals surface area contributed by atoms with Crippen molar-refractivity contribution in [3.63, 3.8) is 0 Å². The van der Waals surface area contributed by atoms with Crippen LogP contribution < -0.4 is 14.2 Å². The molecule has 0 spiro atoms. The minimum atomic E-state index is -0.111. The van der Waals surface area contributed by atoms with Crippen LogP contribution in [0.15, 0.2) is 48.5 Å². The van der Waals surface area contributed by atoms with Crippen LogP contribution in [-0.2, 0) is 6.54 Å². The summed E-state index contributed by atoms with van der Waals surface area (Å²) in [6, 6.07) is 15.4. The van der Waals surface area contributed by atoms with E-state index < -0.39 is 0 Å². The Balaban J connectivity index is 1.65. The van der Waals surface area contributed by atoms with Crippen LogP contribution in [-0.4, -0.2) is 49.0 Å². The highest BCUT2D eigenvalue weighted by molar-refractivity contribution is 5.93. The number of hydrogen-bond donors (Lipinski definition) is 0. The third kappa shape index (κ3) is 4.08. The van der Waals surface area contributed by atoms with Crippen molar-refractivity contribution in [3.05, 3.63) is 65.5 Å². The lowest BCUT2D eigenvalue weighted by Crippen LogP contribution is -2.28. The number of rotatable bonds is 8. The van der Waals surface area contributed by atoms with Crippen molar-refractivity contribution in [2.75, 3.05) is 28.4 Å². The fourth-order valence-electron chi connectivity index (χ4n) is 3.71. The Hall–Kier alpha value is -3.48. The van der Waals surface area contributed by atoms with Gasteiger partial charge in [-0.3, -0.25) is 4.79 Å². The summed E-state index contributed by atoms with van der Waals surface area (Å²) >= 11 is 0. The molecule has 1 aromatic heterocycles. The highest BCUT2D eigenvalue weighted by Gasteiger charge is 2.30. The second kappa shape index (κ2) is 8.71. The molecule has 7 nitrogen and oxygen atoms in total. The van der Waals surface area contributed by atoms with Crippen LogP contribution in [0.3, 0.4) is 0 Å². The van der Waals surface area contributed by atoms with E-state index in [0.717, 1.165) is 29.8 Å². The van der Waals surface area contributed by atoms with E-state index >= 15 is 0 Å². The maximum absolute atomic E-state index is 13.4. The van der Waals surface area contributed by atoms with E-state index in [4.69, 9.17) is 19.3 Å². The second-order valence-electron chi connectivity index (χ2n) is 7.63. The van der Waals surface area contributed by atoms with Crippen molar-refractivity contribution >= 4 is 5.91 Å². The van der Waals surface area contributed by atoms with Crippen molar-refractivity contribution in [3.8, 4) is 22.9 Å². The zero-order valence-corrected chi connectivity index (χ0v) is 18.3. The summed E-state index contributed by atoms with van der Waals surface area (Å²) in [4.78, 5) is 15.1. The molecule has 1 amide bonds. The fraction of sp³-hybridized carbons (Fsp3) is 0.333. The molecule has 7 heteroatoms. The van der Waals surface area contributed by atoms with E-state index in [-0.39, 0.29) is 5.91 Å². The number of carbonyl (C=O) groups excluding carboxylic acids is 1. The van der Waals surface area contributed by atoms with Crippen LogP contribution in [0, 0.1) is 0 Å². The zero-order valence-electron chi connectivity index (χ0n) is 18.3. The minimum Gasteiger partial charge on any atom is -0.493 e. The van der Waals surface area contributed by atoms with Gasteiger partial charge in [-0.25, -0.2) is 4.68 Å². The first kappa shape index (κ1) is 20.8. The van der Waals surface area contributed by atoms with Crippen molar-refractivity contribution in [1.29, 1.82) is 0 Å². The van der Waals surface area contributed by atoms with Gasteiger partial charge in [-0.1, -0.05) is 18.2 Å². The molecule has 0 radical (unpaired) electrons. The lowest BCUT2D eigenvalue weighted by Gasteiger charge is -2.21. The van der Waals surface area contributed by atoms with Crippen molar-refractivity contribution in [2.45, 2.75) is 25.3 Å². The van der Waals surface area contributed by atoms with Gasteiger partial charge in [0.2, 0.25) is 5.75 Å². The van der Waals surface area contributed by atoms with Gasteiger partial charge in [0.15, 0.2) is 11.5 Å². The molecule has 0 N–H and O–H groups in total. The van der Waals surface area contributed by atoms with Gasteiger partial charge in [-0.2, -0.15) is 5.10 Å². The number of nitrogens with zero attached hydrogens (tertiary/aromatic N) is 3. The summed E-state index contributed by atoms with van der Waals surface area (Å²) in [5, 5.41) is 4.74. The van der Waals surface area contributed by atoms with E-state index in [1.54, 1.807) is 38.0 Å². The smallest absolute Gasteiger partial charge is 0.272 e. The first-order valence-electron chi connectivity index (χ1n) is 10.3. The third-order valence-electron chi connectivity index (χ3n) is 5.48. The average Bonchev–Trinajstić information content (AvgIpc) is 3.56. The summed E-state index contributed by atoms with van der Waals surface area (Å²) in [5.74, 6) is 1.98. The molecule has 0 unspecified atom stereocenters. The Labute approximate surface area is 182 Å². The third-order valence-corrected chi connectivity index (χ3v) is 5.48. The first-order chi connectivity index (χ1) is 15.1. The highest BCUT2D eigenvalue weighted by Crippen LogP contribution is 2.41. The van der Waals surface area contributed by atoms with Crippen molar-refractivity contribution in [2.24, 2.45) is 0 Å². The maximum atomic E-state index is 13.4. The Kier molecular flexibility index (Phi) is 5.84. The zero-order chi connectivity index (χ0) is 22.0. The largest absolute Gasteiger partial charge is 0.493 e. The molecule has 1 aliphatic rings. The van der Waals surface area contributed by atoms with Crippen LogP contribution >= 0.6 is 0 Å². The Bertz CT molecular complexity index is 1070. The molecule has 1 heterocycles. The van der Waals surface area contributed by atoms with Gasteiger partial charge in [0.25, 0.3) is 5.91 Å². The van der Waals surface area contributed by atoms with E-state index in [2.05, 4.69) is 0 Å². The summed E-state index contributed by atoms with van der Waals surface area (Å²) in [5.41, 5.74) is 3.22. The molecule has 162 valence electrons. The van der Waals surface area contributed by atoms with Gasteiger partial charge in [-0.15, -0.1) is 0 Å². The van der Waals surface area contributed by atoms with Crippen LogP contribution in [0.4, 0.5) is 0 Å². The highest BCUT2D eigenvalue weighted by atomic mass is 16.5. The van der Waals surface area contributed by atoms with Crippen molar-refractivity contribution < 1.29 is 19.0 Å². The molecule has 2 aromatic carbocycles. The number of carbonyl (C=O) groups is 1. The van der Waals surface area contributed by atoms with Gasteiger partial charge in [0.1, 0.15) is 5.69 Å². The second-order valence-corrected chi connectivity index (χ2v) is 7.63. The number of amides is 1. The summed E-state index contributed by atoms with van der Waals surface area (Å²) in [6.45, 7) is 0.348. The standard InChI is InChI=1S/C24H27N3O4/c1-26(15-17-12-13-21(29-2)23(31-4)22(17)30-3)24(28)20-14-19(16-10-11-16)25-27(20)18-8-6-5-7-9-18/h5-9,12-14,16H,10-11,15H2,1-4H3. The predicted octanol–water partition coefficient (Wildman–Crippen LogP) is 4.05. The normalized spacial score (nSPS) is 13.0. The molecule has 0 saturated heterocycles. The number of aromatic nitrogens is 2. The summed E-state index contributed by atoms with van der Waals surface area (Å²) in [7, 11) is 6.50. The lowest BCUT2D eigenvalue weighted by atomic mass is 10.1. The molecule has 1 aliphatic carbocycles. The Morgan fingerprint density at radius 3 is 2.35 bits per heavy atom. The molecule has 3 aromatic rings. The summed E-state index contributed by atoms with van der Waals surface area (Å²) in [6.07, 6.45) is 2.25. The number of para-hydroxylation sites is 1. The average molecular weight is 421 g/mol. The molecule has 0 bridgehead atoms.